The summed E-state index contributed by atoms with van der Waals surface area (Å²) >= 11 is 2.01. The maximum atomic E-state index is 11.2. The van der Waals surface area contributed by atoms with Gasteiger partial charge in [0, 0.05) is 21.2 Å². The van der Waals surface area contributed by atoms with Gasteiger partial charge in [0.2, 0.25) is 0 Å². The van der Waals surface area contributed by atoms with Crippen LogP contribution in [0.1, 0.15) is 20.8 Å². The zero-order valence-corrected chi connectivity index (χ0v) is 12.5. The van der Waals surface area contributed by atoms with Crippen molar-refractivity contribution in [2.45, 2.75) is 26.4 Å². The molecule has 0 aliphatic heterocycles. The van der Waals surface area contributed by atoms with Crippen LogP contribution in [0.15, 0.2) is 0 Å². The van der Waals surface area contributed by atoms with Gasteiger partial charge < -0.3 is 9.47 Å². The van der Waals surface area contributed by atoms with E-state index in [2.05, 4.69) is 11.8 Å². The molecule has 0 N–H and O–H groups in total. The molecular formula is C10H15IO4S. The smallest absolute Gasteiger partial charge is 0.332 e. The maximum absolute atomic E-state index is 11.2. The maximum Gasteiger partial charge on any atom is 0.332 e. The Hall–Kier alpha value is 0.0300. The molecule has 92 valence electrons. The third-order valence-corrected chi connectivity index (χ3v) is 2.08. The molecule has 0 aliphatic rings. The van der Waals surface area contributed by atoms with Crippen molar-refractivity contribution in [3.05, 3.63) is 0 Å². The third-order valence-electron chi connectivity index (χ3n) is 1.11. The van der Waals surface area contributed by atoms with Crippen molar-refractivity contribution in [3.8, 4) is 11.8 Å². The van der Waals surface area contributed by atoms with Gasteiger partial charge in [-0.1, -0.05) is 11.8 Å². The number of rotatable bonds is 5. The molecule has 4 nitrogen and oxygen atoms in total. The molecule has 0 bridgehead atoms. The summed E-state index contributed by atoms with van der Waals surface area (Å²) in [5.74, 6) is 5.07. The van der Waals surface area contributed by atoms with Gasteiger partial charge in [-0.15, -0.1) is 0 Å². The van der Waals surface area contributed by atoms with E-state index in [1.807, 2.05) is 42.0 Å². The molecule has 0 saturated heterocycles. The van der Waals surface area contributed by atoms with Gasteiger partial charge in [-0.2, -0.15) is 0 Å². The molecule has 0 atom stereocenters. The summed E-state index contributed by atoms with van der Waals surface area (Å²) in [6.07, 6.45) is 0. The predicted molar refractivity (Wildman–Crippen MR) is 72.0 cm³/mol. The number of hydrogen-bond donors (Lipinski definition) is 0. The van der Waals surface area contributed by atoms with E-state index in [0.717, 1.165) is 0 Å². The molecule has 0 radical (unpaired) electrons. The first-order valence-electron chi connectivity index (χ1n) is 4.61. The molecule has 16 heavy (non-hydrogen) atoms. The molecule has 6 heteroatoms. The van der Waals surface area contributed by atoms with Gasteiger partial charge in [0.15, 0.2) is 0 Å². The highest BCUT2D eigenvalue weighted by molar-refractivity contribution is 14.2. The van der Waals surface area contributed by atoms with Gasteiger partial charge in [0.05, 0.1) is 9.21 Å². The first-order valence-corrected chi connectivity index (χ1v) is 7.89. The van der Waals surface area contributed by atoms with Crippen LogP contribution in [0.25, 0.3) is 0 Å². The summed E-state index contributed by atoms with van der Waals surface area (Å²) in [6, 6.07) is 0. The zero-order valence-electron chi connectivity index (χ0n) is 9.54. The average molecular weight is 358 g/mol. The summed E-state index contributed by atoms with van der Waals surface area (Å²) in [5.41, 5.74) is -0.475. The first kappa shape index (κ1) is 16.0. The van der Waals surface area contributed by atoms with E-state index in [0.29, 0.717) is 6.61 Å². The summed E-state index contributed by atoms with van der Waals surface area (Å²) < 4.78 is 15.0. The molecule has 0 heterocycles. The van der Waals surface area contributed by atoms with Crippen molar-refractivity contribution >= 4 is 36.4 Å². The molecule has 0 amide bonds. The lowest BCUT2D eigenvalue weighted by molar-refractivity contribution is -0.159. The van der Waals surface area contributed by atoms with Crippen molar-refractivity contribution in [1.82, 2.24) is 0 Å². The third kappa shape index (κ3) is 12.1. The number of halogens is 1. The fraction of sp³-hybridized carbons (Fsp3) is 0.700. The Labute approximate surface area is 113 Å². The summed E-state index contributed by atoms with van der Waals surface area (Å²) in [7, 11) is 1.23. The van der Waals surface area contributed by atoms with Crippen LogP contribution in [0.3, 0.4) is 0 Å². The molecular weight excluding hydrogens is 343 g/mol. The first-order chi connectivity index (χ1) is 7.45. The van der Waals surface area contributed by atoms with E-state index >= 15 is 0 Å². The summed E-state index contributed by atoms with van der Waals surface area (Å²) in [5, 5.41) is 0. The van der Waals surface area contributed by atoms with Crippen molar-refractivity contribution in [3.63, 3.8) is 0 Å². The van der Waals surface area contributed by atoms with Gasteiger partial charge in [-0.25, -0.2) is 4.79 Å². The minimum Gasteiger partial charge on any atom is -0.458 e. The molecule has 0 aromatic rings. The molecule has 0 aromatic carbocycles. The van der Waals surface area contributed by atoms with E-state index in [1.54, 1.807) is 0 Å². The van der Waals surface area contributed by atoms with E-state index in [1.165, 1.54) is 9.21 Å². The largest absolute Gasteiger partial charge is 0.458 e. The Morgan fingerprint density at radius 1 is 1.31 bits per heavy atom. The van der Waals surface area contributed by atoms with Crippen LogP contribution in [-0.2, 0) is 18.5 Å². The zero-order chi connectivity index (χ0) is 12.4. The second kappa shape index (κ2) is 9.10. The fourth-order valence-corrected chi connectivity index (χ4v) is 1.20. The standard InChI is InChI=1S/C10H15IO4S/c1-10(2,3)15-9(12)8-13-6-4-5-7-14-16-11/h6-8H2,1-3H3. The van der Waals surface area contributed by atoms with Gasteiger partial charge in [-0.3, -0.25) is 4.18 Å². The Kier molecular flexibility index (Phi) is 9.12. The molecule has 0 fully saturated rings. The molecule has 0 spiro atoms. The topological polar surface area (TPSA) is 44.8 Å². The Bertz CT molecular complexity index is 264. The van der Waals surface area contributed by atoms with E-state index in [-0.39, 0.29) is 19.2 Å². The van der Waals surface area contributed by atoms with Crippen molar-refractivity contribution in [2.24, 2.45) is 0 Å². The second-order valence-corrected chi connectivity index (χ2v) is 5.20. The van der Waals surface area contributed by atoms with Crippen molar-refractivity contribution < 1.29 is 18.5 Å². The van der Waals surface area contributed by atoms with Gasteiger partial charge in [0.25, 0.3) is 0 Å². The van der Waals surface area contributed by atoms with E-state index < -0.39 is 5.60 Å². The second-order valence-electron chi connectivity index (χ2n) is 3.76. The highest BCUT2D eigenvalue weighted by atomic mass is 127. The SMILES string of the molecule is CC(C)(C)OC(=O)COCC#CCOSI. The molecule has 0 aliphatic carbocycles. The predicted octanol–water partition coefficient (Wildman–Crippen LogP) is 2.36. The quantitative estimate of drug-likeness (QED) is 0.248. The van der Waals surface area contributed by atoms with Crippen molar-refractivity contribution in [1.29, 1.82) is 0 Å². The molecule has 0 aromatic heterocycles. The van der Waals surface area contributed by atoms with Gasteiger partial charge in [-0.05, 0) is 20.8 Å². The summed E-state index contributed by atoms with van der Waals surface area (Å²) in [4.78, 5) is 11.2. The number of carbonyl (C=O) groups is 1. The number of hydrogen-bond acceptors (Lipinski definition) is 5. The lowest BCUT2D eigenvalue weighted by Gasteiger charge is -2.19. The molecule has 0 rings (SSSR count). The van der Waals surface area contributed by atoms with Crippen LogP contribution in [0.4, 0.5) is 0 Å². The average Bonchev–Trinajstić information content (AvgIpc) is 2.13. The minimum atomic E-state index is -0.475. The van der Waals surface area contributed by atoms with Crippen LogP contribution in [0, 0.1) is 11.8 Å². The van der Waals surface area contributed by atoms with Crippen LogP contribution in [0.2, 0.25) is 0 Å². The van der Waals surface area contributed by atoms with Crippen LogP contribution in [-0.4, -0.2) is 31.4 Å². The fourth-order valence-electron chi connectivity index (χ4n) is 0.710. The number of ether oxygens (including phenoxy) is 2. The van der Waals surface area contributed by atoms with Crippen LogP contribution in [0.5, 0.6) is 0 Å². The Morgan fingerprint density at radius 2 is 1.94 bits per heavy atom. The normalized spacial score (nSPS) is 10.5. The monoisotopic (exact) mass is 358 g/mol. The lowest BCUT2D eigenvalue weighted by Crippen LogP contribution is -2.26. The lowest BCUT2D eigenvalue weighted by atomic mass is 10.2. The Balaban J connectivity index is 3.50. The van der Waals surface area contributed by atoms with E-state index in [9.17, 15) is 4.79 Å². The number of esters is 1. The van der Waals surface area contributed by atoms with Gasteiger partial charge >= 0.3 is 5.97 Å². The van der Waals surface area contributed by atoms with E-state index in [4.69, 9.17) is 13.7 Å². The van der Waals surface area contributed by atoms with Gasteiger partial charge in [0.1, 0.15) is 25.4 Å². The summed E-state index contributed by atoms with van der Waals surface area (Å²) in [6.45, 7) is 5.91. The highest BCUT2D eigenvalue weighted by Gasteiger charge is 2.15. The molecule has 0 unspecified atom stereocenters. The highest BCUT2D eigenvalue weighted by Crippen LogP contribution is 2.10. The van der Waals surface area contributed by atoms with Crippen LogP contribution < -0.4 is 0 Å². The molecule has 0 saturated carbocycles. The number of carbonyl (C=O) groups excluding carboxylic acids is 1. The van der Waals surface area contributed by atoms with Crippen LogP contribution >= 0.6 is 30.4 Å². The van der Waals surface area contributed by atoms with Crippen molar-refractivity contribution in [2.75, 3.05) is 19.8 Å². The Morgan fingerprint density at radius 3 is 2.50 bits per heavy atom. The minimum absolute atomic E-state index is 0.0756.